The minimum Gasteiger partial charge on any atom is -0.0930 e. The molecule has 0 nitrogen and oxygen atoms in total. The van der Waals surface area contributed by atoms with E-state index in [0.29, 0.717) is 0 Å². The van der Waals surface area contributed by atoms with Crippen molar-refractivity contribution in [3.05, 3.63) is 22.2 Å². The van der Waals surface area contributed by atoms with Gasteiger partial charge in [-0.1, -0.05) is 48.2 Å². The van der Waals surface area contributed by atoms with E-state index in [1.54, 1.807) is 5.54 Å². The summed E-state index contributed by atoms with van der Waals surface area (Å²) in [5.41, 5.74) is 2.74. The Hall–Kier alpha value is 0.0600. The van der Waals surface area contributed by atoms with Crippen LogP contribution in [0.4, 0.5) is 0 Å². The SMILES string of the molecule is CCCC/C(Cl)=C/C/C(C)=C/Cl. The average molecular weight is 207 g/mol. The molecule has 0 amide bonds. The highest BCUT2D eigenvalue weighted by Gasteiger charge is 1.91. The number of rotatable bonds is 5. The summed E-state index contributed by atoms with van der Waals surface area (Å²) in [5.74, 6) is 0. The van der Waals surface area contributed by atoms with Crippen LogP contribution in [0, 0.1) is 0 Å². The molecule has 0 radical (unpaired) electrons. The number of hydrogen-bond donors (Lipinski definition) is 0. The molecule has 12 heavy (non-hydrogen) atoms. The normalized spacial score (nSPS) is 13.7. The molecule has 0 heterocycles. The Labute approximate surface area is 85.3 Å². The van der Waals surface area contributed by atoms with Crippen molar-refractivity contribution in [1.82, 2.24) is 0 Å². The van der Waals surface area contributed by atoms with Crippen LogP contribution in [-0.2, 0) is 0 Å². The van der Waals surface area contributed by atoms with E-state index in [1.165, 1.54) is 12.8 Å². The van der Waals surface area contributed by atoms with Gasteiger partial charge >= 0.3 is 0 Å². The van der Waals surface area contributed by atoms with Crippen molar-refractivity contribution in [2.75, 3.05) is 0 Å². The first-order valence-electron chi connectivity index (χ1n) is 4.31. The van der Waals surface area contributed by atoms with Gasteiger partial charge < -0.3 is 0 Å². The van der Waals surface area contributed by atoms with E-state index in [9.17, 15) is 0 Å². The van der Waals surface area contributed by atoms with E-state index >= 15 is 0 Å². The van der Waals surface area contributed by atoms with E-state index in [4.69, 9.17) is 23.2 Å². The highest BCUT2D eigenvalue weighted by molar-refractivity contribution is 6.29. The second-order valence-corrected chi connectivity index (χ2v) is 3.62. The van der Waals surface area contributed by atoms with E-state index in [2.05, 4.69) is 6.92 Å². The predicted octanol–water partition coefficient (Wildman–Crippen LogP) is 4.83. The van der Waals surface area contributed by atoms with Crippen molar-refractivity contribution in [3.8, 4) is 0 Å². The van der Waals surface area contributed by atoms with Crippen LogP contribution in [0.25, 0.3) is 0 Å². The van der Waals surface area contributed by atoms with Crippen molar-refractivity contribution in [2.45, 2.75) is 39.5 Å². The van der Waals surface area contributed by atoms with Crippen LogP contribution in [0.15, 0.2) is 22.2 Å². The summed E-state index contributed by atoms with van der Waals surface area (Å²) in [6.07, 6.45) is 6.25. The van der Waals surface area contributed by atoms with Crippen LogP contribution >= 0.6 is 23.2 Å². The molecule has 2 heteroatoms. The fraction of sp³-hybridized carbons (Fsp3) is 0.600. The van der Waals surface area contributed by atoms with Gasteiger partial charge in [-0.05, 0) is 26.2 Å². The summed E-state index contributed by atoms with van der Waals surface area (Å²) in [7, 11) is 0. The molecule has 0 atom stereocenters. The molecule has 0 aliphatic carbocycles. The zero-order chi connectivity index (χ0) is 9.40. The lowest BCUT2D eigenvalue weighted by Crippen LogP contribution is -1.76. The first-order valence-corrected chi connectivity index (χ1v) is 5.12. The predicted molar refractivity (Wildman–Crippen MR) is 57.7 cm³/mol. The molecule has 0 aromatic heterocycles. The Morgan fingerprint density at radius 3 is 2.58 bits per heavy atom. The molecule has 0 spiro atoms. The summed E-state index contributed by atoms with van der Waals surface area (Å²) >= 11 is 11.5. The molecule has 0 rings (SSSR count). The Morgan fingerprint density at radius 2 is 2.08 bits per heavy atom. The van der Waals surface area contributed by atoms with Gasteiger partial charge in [0.2, 0.25) is 0 Å². The summed E-state index contributed by atoms with van der Waals surface area (Å²) in [4.78, 5) is 0. The zero-order valence-electron chi connectivity index (χ0n) is 7.74. The van der Waals surface area contributed by atoms with Gasteiger partial charge in [0.1, 0.15) is 0 Å². The lowest BCUT2D eigenvalue weighted by atomic mass is 10.2. The maximum absolute atomic E-state index is 5.95. The molecule has 0 N–H and O–H groups in total. The second kappa shape index (κ2) is 7.70. The first kappa shape index (κ1) is 12.1. The molecule has 0 bridgehead atoms. The van der Waals surface area contributed by atoms with Crippen LogP contribution < -0.4 is 0 Å². The monoisotopic (exact) mass is 206 g/mol. The number of halogens is 2. The Kier molecular flexibility index (Phi) is 7.73. The Balaban J connectivity index is 3.68. The van der Waals surface area contributed by atoms with Crippen molar-refractivity contribution in [1.29, 1.82) is 0 Å². The van der Waals surface area contributed by atoms with Crippen molar-refractivity contribution in [2.24, 2.45) is 0 Å². The molecule has 0 aromatic carbocycles. The standard InChI is InChI=1S/C10H16Cl2/c1-3-4-5-10(12)7-6-9(2)8-11/h7-8H,3-6H2,1-2H3/b9-8+,10-7-. The summed E-state index contributed by atoms with van der Waals surface area (Å²) in [6, 6.07) is 0. The summed E-state index contributed by atoms with van der Waals surface area (Å²) in [5, 5.41) is 0.953. The van der Waals surface area contributed by atoms with Gasteiger partial charge in [0.15, 0.2) is 0 Å². The lowest BCUT2D eigenvalue weighted by molar-refractivity contribution is 0.805. The van der Waals surface area contributed by atoms with Crippen LogP contribution in [0.5, 0.6) is 0 Å². The molecule has 0 aliphatic rings. The van der Waals surface area contributed by atoms with Gasteiger partial charge in [0, 0.05) is 10.6 Å². The fourth-order valence-electron chi connectivity index (χ4n) is 0.764. The molecule has 70 valence electrons. The maximum Gasteiger partial charge on any atom is 0.0144 e. The van der Waals surface area contributed by atoms with Crippen LogP contribution in [0.2, 0.25) is 0 Å². The topological polar surface area (TPSA) is 0 Å². The van der Waals surface area contributed by atoms with Crippen molar-refractivity contribution in [3.63, 3.8) is 0 Å². The Morgan fingerprint density at radius 1 is 1.42 bits per heavy atom. The number of unbranched alkanes of at least 4 members (excludes halogenated alkanes) is 1. The highest BCUT2D eigenvalue weighted by atomic mass is 35.5. The average Bonchev–Trinajstić information content (AvgIpc) is 2.10. The smallest absolute Gasteiger partial charge is 0.0144 e. The van der Waals surface area contributed by atoms with E-state index in [1.807, 2.05) is 13.0 Å². The van der Waals surface area contributed by atoms with Crippen molar-refractivity contribution >= 4 is 23.2 Å². The van der Waals surface area contributed by atoms with Crippen LogP contribution in [-0.4, -0.2) is 0 Å². The molecular weight excluding hydrogens is 191 g/mol. The van der Waals surface area contributed by atoms with Crippen molar-refractivity contribution < 1.29 is 0 Å². The van der Waals surface area contributed by atoms with Gasteiger partial charge in [-0.2, -0.15) is 0 Å². The molecule has 0 aromatic rings. The zero-order valence-corrected chi connectivity index (χ0v) is 9.25. The molecule has 0 saturated carbocycles. The van der Waals surface area contributed by atoms with Crippen LogP contribution in [0.1, 0.15) is 39.5 Å². The number of allylic oxidation sites excluding steroid dienone is 3. The van der Waals surface area contributed by atoms with Crippen LogP contribution in [0.3, 0.4) is 0 Å². The van der Waals surface area contributed by atoms with Gasteiger partial charge in [0.25, 0.3) is 0 Å². The lowest BCUT2D eigenvalue weighted by Gasteiger charge is -1.97. The van der Waals surface area contributed by atoms with E-state index < -0.39 is 0 Å². The molecule has 0 unspecified atom stereocenters. The van der Waals surface area contributed by atoms with E-state index in [-0.39, 0.29) is 0 Å². The second-order valence-electron chi connectivity index (χ2n) is 2.91. The van der Waals surface area contributed by atoms with Gasteiger partial charge in [-0.15, -0.1) is 0 Å². The van der Waals surface area contributed by atoms with Gasteiger partial charge in [-0.25, -0.2) is 0 Å². The maximum atomic E-state index is 5.95. The van der Waals surface area contributed by atoms with Gasteiger partial charge in [-0.3, -0.25) is 0 Å². The highest BCUT2D eigenvalue weighted by Crippen LogP contribution is 2.14. The third-order valence-corrected chi connectivity index (χ3v) is 2.32. The van der Waals surface area contributed by atoms with Gasteiger partial charge in [0.05, 0.1) is 0 Å². The van der Waals surface area contributed by atoms with E-state index in [0.717, 1.165) is 23.4 Å². The largest absolute Gasteiger partial charge is 0.0930 e. The third kappa shape index (κ3) is 6.75. The summed E-state index contributed by atoms with van der Waals surface area (Å²) < 4.78 is 0. The minimum absolute atomic E-state index is 0.867. The molecule has 0 aliphatic heterocycles. The number of hydrogen-bond acceptors (Lipinski definition) is 0. The Bertz CT molecular complexity index is 169. The first-order chi connectivity index (χ1) is 5.70. The summed E-state index contributed by atoms with van der Waals surface area (Å²) in [6.45, 7) is 4.15. The fourth-order valence-corrected chi connectivity index (χ4v) is 1.06. The minimum atomic E-state index is 0.867. The third-order valence-electron chi connectivity index (χ3n) is 1.60. The molecule has 0 saturated heterocycles. The molecular formula is C10H16Cl2. The quantitative estimate of drug-likeness (QED) is 0.605. The molecule has 0 fully saturated rings.